The second kappa shape index (κ2) is 2.83. The van der Waals surface area contributed by atoms with E-state index in [2.05, 4.69) is 5.32 Å². The number of halogens is 1. The Balaban J connectivity index is 2.49. The van der Waals surface area contributed by atoms with E-state index in [1.807, 2.05) is 0 Å². The molecule has 1 amide bonds. The van der Waals surface area contributed by atoms with Gasteiger partial charge in [-0.05, 0) is 6.07 Å². The van der Waals surface area contributed by atoms with Gasteiger partial charge in [0.25, 0.3) is 0 Å². The van der Waals surface area contributed by atoms with Crippen molar-refractivity contribution >= 4 is 11.6 Å². The van der Waals surface area contributed by atoms with Crippen molar-refractivity contribution < 1.29 is 9.18 Å². The fourth-order valence-corrected chi connectivity index (χ4v) is 1.50. The fraction of sp³-hybridized carbons (Fsp3) is 0.300. The Labute approximate surface area is 75.8 Å². The van der Waals surface area contributed by atoms with Crippen molar-refractivity contribution in [3.63, 3.8) is 0 Å². The number of hydrogen-bond acceptors (Lipinski definition) is 1. The molecule has 1 aromatic carbocycles. The van der Waals surface area contributed by atoms with Gasteiger partial charge in [-0.15, -0.1) is 0 Å². The van der Waals surface area contributed by atoms with Crippen LogP contribution in [-0.4, -0.2) is 5.91 Å². The van der Waals surface area contributed by atoms with Crippen LogP contribution in [0.15, 0.2) is 24.3 Å². The molecule has 1 aliphatic rings. The summed E-state index contributed by atoms with van der Waals surface area (Å²) >= 11 is 0. The lowest BCUT2D eigenvalue weighted by Crippen LogP contribution is -2.29. The quantitative estimate of drug-likeness (QED) is 0.650. The van der Waals surface area contributed by atoms with Gasteiger partial charge in [0, 0.05) is 11.3 Å². The Bertz CT molecular complexity index is 351. The molecule has 0 saturated heterocycles. The number of para-hydroxylation sites is 1. The summed E-state index contributed by atoms with van der Waals surface area (Å²) in [6.07, 6.45) is -1.18. The van der Waals surface area contributed by atoms with Gasteiger partial charge < -0.3 is 5.32 Å². The van der Waals surface area contributed by atoms with Crippen LogP contribution in [0, 0.1) is 5.92 Å². The summed E-state index contributed by atoms with van der Waals surface area (Å²) in [5.74, 6) is -0.832. The summed E-state index contributed by atoms with van der Waals surface area (Å²) in [4.78, 5) is 11.2. The highest BCUT2D eigenvalue weighted by Gasteiger charge is 2.31. The van der Waals surface area contributed by atoms with Gasteiger partial charge in [-0.25, -0.2) is 4.39 Å². The molecule has 2 rings (SSSR count). The first-order valence-corrected chi connectivity index (χ1v) is 4.24. The van der Waals surface area contributed by atoms with Gasteiger partial charge in [-0.1, -0.05) is 25.1 Å². The lowest BCUT2D eigenvalue weighted by atomic mass is 9.93. The van der Waals surface area contributed by atoms with Crippen LogP contribution in [0.3, 0.4) is 0 Å². The molecule has 2 unspecified atom stereocenters. The number of nitrogens with one attached hydrogen (secondary N) is 1. The number of rotatable bonds is 0. The average Bonchev–Trinajstić information content (AvgIpc) is 2.15. The monoisotopic (exact) mass is 179 g/mol. The Morgan fingerprint density at radius 2 is 2.08 bits per heavy atom. The smallest absolute Gasteiger partial charge is 0.230 e. The summed E-state index contributed by atoms with van der Waals surface area (Å²) in [6, 6.07) is 6.97. The van der Waals surface area contributed by atoms with Crippen molar-refractivity contribution in [1.29, 1.82) is 0 Å². The average molecular weight is 179 g/mol. The molecule has 0 aromatic heterocycles. The number of alkyl halides is 1. The molecule has 0 spiro atoms. The topological polar surface area (TPSA) is 29.1 Å². The highest BCUT2D eigenvalue weighted by atomic mass is 19.1. The van der Waals surface area contributed by atoms with Gasteiger partial charge >= 0.3 is 0 Å². The van der Waals surface area contributed by atoms with Crippen LogP contribution in [0.5, 0.6) is 0 Å². The van der Waals surface area contributed by atoms with Gasteiger partial charge in [0.1, 0.15) is 6.17 Å². The second-order valence-electron chi connectivity index (χ2n) is 3.27. The first-order valence-electron chi connectivity index (χ1n) is 4.24. The predicted octanol–water partition coefficient (Wildman–Crippen LogP) is 2.29. The first kappa shape index (κ1) is 8.23. The normalized spacial score (nSPS) is 26.5. The Kier molecular flexibility index (Phi) is 1.79. The summed E-state index contributed by atoms with van der Waals surface area (Å²) in [5, 5.41) is 2.66. The van der Waals surface area contributed by atoms with Crippen LogP contribution >= 0.6 is 0 Å². The van der Waals surface area contributed by atoms with E-state index >= 15 is 0 Å². The molecule has 68 valence electrons. The van der Waals surface area contributed by atoms with Crippen molar-refractivity contribution in [3.8, 4) is 0 Å². The molecule has 0 bridgehead atoms. The van der Waals surface area contributed by atoms with E-state index < -0.39 is 12.1 Å². The zero-order valence-electron chi connectivity index (χ0n) is 7.25. The SMILES string of the molecule is CC1C(=O)Nc2ccccc2C1F. The molecule has 13 heavy (non-hydrogen) atoms. The second-order valence-corrected chi connectivity index (χ2v) is 3.27. The third kappa shape index (κ3) is 1.20. The summed E-state index contributed by atoms with van der Waals surface area (Å²) in [6.45, 7) is 1.59. The van der Waals surface area contributed by atoms with E-state index in [1.165, 1.54) is 0 Å². The summed E-state index contributed by atoms with van der Waals surface area (Å²) < 4.78 is 13.6. The lowest BCUT2D eigenvalue weighted by Gasteiger charge is -2.25. The van der Waals surface area contributed by atoms with E-state index in [4.69, 9.17) is 0 Å². The van der Waals surface area contributed by atoms with E-state index in [0.29, 0.717) is 11.3 Å². The van der Waals surface area contributed by atoms with Crippen molar-refractivity contribution in [1.82, 2.24) is 0 Å². The van der Waals surface area contributed by atoms with Crippen LogP contribution in [-0.2, 0) is 4.79 Å². The molecule has 1 aliphatic heterocycles. The van der Waals surface area contributed by atoms with E-state index in [-0.39, 0.29) is 5.91 Å². The number of carbonyl (C=O) groups is 1. The van der Waals surface area contributed by atoms with Crippen molar-refractivity contribution in [2.75, 3.05) is 5.32 Å². The summed E-state index contributed by atoms with van der Waals surface area (Å²) in [7, 11) is 0. The first-order chi connectivity index (χ1) is 6.20. The highest BCUT2D eigenvalue weighted by molar-refractivity contribution is 5.96. The maximum atomic E-state index is 13.6. The van der Waals surface area contributed by atoms with E-state index in [0.717, 1.165) is 0 Å². The van der Waals surface area contributed by atoms with Crippen LogP contribution in [0.25, 0.3) is 0 Å². The molecule has 1 heterocycles. The zero-order chi connectivity index (χ0) is 9.42. The molecular formula is C10H10FNO. The maximum Gasteiger partial charge on any atom is 0.230 e. The van der Waals surface area contributed by atoms with Crippen LogP contribution in [0.2, 0.25) is 0 Å². The van der Waals surface area contributed by atoms with Crippen molar-refractivity contribution in [2.45, 2.75) is 13.1 Å². The van der Waals surface area contributed by atoms with Gasteiger partial charge in [-0.2, -0.15) is 0 Å². The molecule has 1 N–H and O–H groups in total. The lowest BCUT2D eigenvalue weighted by molar-refractivity contribution is -0.121. The predicted molar refractivity (Wildman–Crippen MR) is 48.1 cm³/mol. The number of fused-ring (bicyclic) bond motifs is 1. The van der Waals surface area contributed by atoms with Crippen LogP contribution in [0.4, 0.5) is 10.1 Å². The number of anilines is 1. The third-order valence-electron chi connectivity index (χ3n) is 2.37. The molecule has 0 saturated carbocycles. The standard InChI is InChI=1S/C10H10FNO/c1-6-9(11)7-4-2-3-5-8(7)12-10(6)13/h2-6,9H,1H3,(H,12,13). The largest absolute Gasteiger partial charge is 0.325 e. The molecule has 0 fully saturated rings. The zero-order valence-corrected chi connectivity index (χ0v) is 7.25. The maximum absolute atomic E-state index is 13.6. The minimum atomic E-state index is -1.18. The fourth-order valence-electron chi connectivity index (χ4n) is 1.50. The van der Waals surface area contributed by atoms with Gasteiger partial charge in [0.15, 0.2) is 0 Å². The molecule has 0 radical (unpaired) electrons. The van der Waals surface area contributed by atoms with Gasteiger partial charge in [0.05, 0.1) is 5.92 Å². The Morgan fingerprint density at radius 1 is 1.38 bits per heavy atom. The molecule has 1 aromatic rings. The number of amides is 1. The molecule has 2 atom stereocenters. The van der Waals surface area contributed by atoms with Gasteiger partial charge in [0.2, 0.25) is 5.91 Å². The number of benzene rings is 1. The minimum Gasteiger partial charge on any atom is -0.325 e. The van der Waals surface area contributed by atoms with Gasteiger partial charge in [-0.3, -0.25) is 4.79 Å². The molecular weight excluding hydrogens is 169 g/mol. The third-order valence-corrected chi connectivity index (χ3v) is 2.37. The van der Waals surface area contributed by atoms with E-state index in [9.17, 15) is 9.18 Å². The molecule has 3 heteroatoms. The number of hydrogen-bond donors (Lipinski definition) is 1. The highest BCUT2D eigenvalue weighted by Crippen LogP contribution is 2.36. The Hall–Kier alpha value is -1.38. The Morgan fingerprint density at radius 3 is 2.85 bits per heavy atom. The van der Waals surface area contributed by atoms with Crippen LogP contribution in [0.1, 0.15) is 18.7 Å². The van der Waals surface area contributed by atoms with E-state index in [1.54, 1.807) is 31.2 Å². The van der Waals surface area contributed by atoms with Crippen molar-refractivity contribution in [2.24, 2.45) is 5.92 Å². The van der Waals surface area contributed by atoms with Crippen LogP contribution < -0.4 is 5.32 Å². The number of carbonyl (C=O) groups excluding carboxylic acids is 1. The van der Waals surface area contributed by atoms with Crippen molar-refractivity contribution in [3.05, 3.63) is 29.8 Å². The molecule has 2 nitrogen and oxygen atoms in total. The molecule has 0 aliphatic carbocycles. The minimum absolute atomic E-state index is 0.244. The summed E-state index contributed by atoms with van der Waals surface area (Å²) in [5.41, 5.74) is 1.17.